The van der Waals surface area contributed by atoms with Gasteiger partial charge in [0.15, 0.2) is 6.29 Å². The number of allylic oxidation sites excluding steroid dienone is 8. The molecule has 0 saturated carbocycles. The lowest BCUT2D eigenvalue weighted by Gasteiger charge is -2.40. The normalized spacial score (nSPS) is 19.6. The molecule has 0 spiro atoms. The van der Waals surface area contributed by atoms with Crippen LogP contribution >= 0.6 is 0 Å². The molecule has 0 aliphatic carbocycles. The maximum Gasteiger partial charge on any atom is 0.305 e. The van der Waals surface area contributed by atoms with Crippen molar-refractivity contribution in [1.82, 2.24) is 5.32 Å². The zero-order valence-corrected chi connectivity index (χ0v) is 45.2. The lowest BCUT2D eigenvalue weighted by molar-refractivity contribution is -0.302. The minimum Gasteiger partial charge on any atom is -0.465 e. The van der Waals surface area contributed by atoms with Gasteiger partial charge < -0.3 is 45.1 Å². The molecule has 1 aliphatic rings. The second-order valence-electron chi connectivity index (χ2n) is 20.0. The number of amides is 1. The van der Waals surface area contributed by atoms with Gasteiger partial charge in [-0.05, 0) is 83.5 Å². The highest BCUT2D eigenvalue weighted by atomic mass is 16.7. The van der Waals surface area contributed by atoms with Crippen LogP contribution in [0.1, 0.15) is 245 Å². The first kappa shape index (κ1) is 66.4. The van der Waals surface area contributed by atoms with Crippen molar-refractivity contribution in [1.29, 1.82) is 0 Å². The van der Waals surface area contributed by atoms with Crippen molar-refractivity contribution < 1.29 is 49.3 Å². The fraction of sp³-hybridized carbons (Fsp3) is 0.800. The molecule has 0 bridgehead atoms. The van der Waals surface area contributed by atoms with Crippen LogP contribution in [-0.2, 0) is 23.8 Å². The van der Waals surface area contributed by atoms with Crippen LogP contribution in [0, 0.1) is 0 Å². The van der Waals surface area contributed by atoms with Crippen LogP contribution in [0.15, 0.2) is 60.8 Å². The minimum atomic E-state index is -1.58. The van der Waals surface area contributed by atoms with Crippen molar-refractivity contribution in [3.05, 3.63) is 60.8 Å². The van der Waals surface area contributed by atoms with Crippen molar-refractivity contribution in [2.24, 2.45) is 0 Å². The SMILES string of the molecule is CCCC/C=C\CCCCCCCC(=O)OCC/C=C\C/C=C\CCCCCCCCCCCCCCCCC(=O)NC(COC1OC(CO)C(O)C(O)C1O)C(O)/C=C/CC/C=C/CCCCCCC. The van der Waals surface area contributed by atoms with Gasteiger partial charge in [-0.2, -0.15) is 0 Å². The van der Waals surface area contributed by atoms with Crippen molar-refractivity contribution in [2.45, 2.75) is 288 Å². The average molecular weight is 1000 g/mol. The molecule has 11 nitrogen and oxygen atoms in total. The van der Waals surface area contributed by atoms with Crippen LogP contribution in [0.2, 0.25) is 0 Å². The number of aliphatic hydroxyl groups excluding tert-OH is 5. The number of unbranched alkanes of at least 4 members (excludes halogenated alkanes) is 27. The standard InChI is InChI=1S/C60H107NO10/c1-3-5-7-9-11-13-26-30-34-38-42-46-53(63)52(51-70-60-59(68)58(67)57(66)54(50-62)71-60)61-55(64)47-43-39-35-31-28-24-22-20-18-16-15-17-19-21-23-25-29-33-37-41-45-49-69-56(65)48-44-40-36-32-27-14-12-10-8-6-4-2/h10,12,25-26,29-30,37,41-42,46,52-54,57-60,62-63,66-68H,3-9,11,13-24,27-28,31-36,38-40,43-45,47-51H2,1-2H3,(H,61,64)/b12-10-,29-25-,30-26+,41-37-,46-42+. The number of hydrogen-bond donors (Lipinski definition) is 6. The summed E-state index contributed by atoms with van der Waals surface area (Å²) in [5.41, 5.74) is 0. The minimum absolute atomic E-state index is 0.0610. The Morgan fingerprint density at radius 1 is 0.521 bits per heavy atom. The van der Waals surface area contributed by atoms with E-state index in [1.807, 2.05) is 6.08 Å². The van der Waals surface area contributed by atoms with E-state index in [1.54, 1.807) is 6.08 Å². The summed E-state index contributed by atoms with van der Waals surface area (Å²) in [6.07, 6.45) is 53.3. The third-order valence-corrected chi connectivity index (χ3v) is 13.3. The van der Waals surface area contributed by atoms with E-state index >= 15 is 0 Å². The molecule has 6 N–H and O–H groups in total. The maximum atomic E-state index is 13.0. The van der Waals surface area contributed by atoms with Gasteiger partial charge in [-0.25, -0.2) is 0 Å². The number of hydrogen-bond acceptors (Lipinski definition) is 10. The van der Waals surface area contributed by atoms with Gasteiger partial charge in [0, 0.05) is 12.8 Å². The first-order valence-corrected chi connectivity index (χ1v) is 29.1. The van der Waals surface area contributed by atoms with Gasteiger partial charge in [-0.3, -0.25) is 9.59 Å². The Morgan fingerprint density at radius 3 is 1.52 bits per heavy atom. The molecule has 1 fully saturated rings. The molecule has 1 saturated heterocycles. The van der Waals surface area contributed by atoms with E-state index < -0.39 is 49.5 Å². The molecule has 7 atom stereocenters. The molecule has 7 unspecified atom stereocenters. The molecule has 1 rings (SSSR count). The van der Waals surface area contributed by atoms with E-state index in [9.17, 15) is 35.1 Å². The zero-order valence-electron chi connectivity index (χ0n) is 45.2. The molecule has 71 heavy (non-hydrogen) atoms. The Hall–Kier alpha value is -2.64. The maximum absolute atomic E-state index is 13.0. The first-order chi connectivity index (χ1) is 34.7. The van der Waals surface area contributed by atoms with Gasteiger partial charge in [0.25, 0.3) is 0 Å². The number of carbonyl (C=O) groups is 2. The third kappa shape index (κ3) is 39.5. The highest BCUT2D eigenvalue weighted by molar-refractivity contribution is 5.76. The monoisotopic (exact) mass is 1000 g/mol. The van der Waals surface area contributed by atoms with Gasteiger partial charge in [-0.1, -0.05) is 209 Å². The second kappa shape index (κ2) is 49.6. The summed E-state index contributed by atoms with van der Waals surface area (Å²) in [5.74, 6) is -0.260. The zero-order chi connectivity index (χ0) is 51.7. The molecule has 0 aromatic heterocycles. The van der Waals surface area contributed by atoms with E-state index in [-0.39, 0.29) is 18.5 Å². The number of rotatable bonds is 49. The molecule has 412 valence electrons. The van der Waals surface area contributed by atoms with Gasteiger partial charge in [-0.15, -0.1) is 0 Å². The molecule has 1 aliphatic heterocycles. The smallest absolute Gasteiger partial charge is 0.305 e. The highest BCUT2D eigenvalue weighted by Crippen LogP contribution is 2.23. The Balaban J connectivity index is 2.10. The molecule has 11 heteroatoms. The van der Waals surface area contributed by atoms with Crippen LogP contribution < -0.4 is 5.32 Å². The number of ether oxygens (including phenoxy) is 3. The Bertz CT molecular complexity index is 1360. The van der Waals surface area contributed by atoms with E-state index in [0.717, 1.165) is 77.0 Å². The lowest BCUT2D eigenvalue weighted by Crippen LogP contribution is -2.60. The van der Waals surface area contributed by atoms with Crippen LogP contribution in [0.25, 0.3) is 0 Å². The van der Waals surface area contributed by atoms with Gasteiger partial charge in [0.1, 0.15) is 24.4 Å². The summed E-state index contributed by atoms with van der Waals surface area (Å²) >= 11 is 0. The summed E-state index contributed by atoms with van der Waals surface area (Å²) in [6.45, 7) is 4.14. The molecule has 0 aromatic rings. The number of nitrogens with one attached hydrogen (secondary N) is 1. The van der Waals surface area contributed by atoms with E-state index in [2.05, 4.69) is 67.8 Å². The Kier molecular flexibility index (Phi) is 46.3. The summed E-state index contributed by atoms with van der Waals surface area (Å²) in [4.78, 5) is 25.0. The van der Waals surface area contributed by atoms with Crippen LogP contribution in [0.5, 0.6) is 0 Å². The summed E-state index contributed by atoms with van der Waals surface area (Å²) in [5, 5.41) is 54.2. The summed E-state index contributed by atoms with van der Waals surface area (Å²) < 4.78 is 16.6. The number of esters is 1. The van der Waals surface area contributed by atoms with Crippen molar-refractivity contribution >= 4 is 11.9 Å². The second-order valence-corrected chi connectivity index (χ2v) is 20.0. The molecule has 0 aromatic carbocycles. The van der Waals surface area contributed by atoms with Crippen LogP contribution in [0.3, 0.4) is 0 Å². The third-order valence-electron chi connectivity index (χ3n) is 13.3. The van der Waals surface area contributed by atoms with Crippen LogP contribution in [0.4, 0.5) is 0 Å². The van der Waals surface area contributed by atoms with E-state index in [4.69, 9.17) is 14.2 Å². The molecule has 1 amide bonds. The van der Waals surface area contributed by atoms with E-state index in [1.165, 1.54) is 141 Å². The average Bonchev–Trinajstić information content (AvgIpc) is 3.37. The molecule has 1 heterocycles. The Morgan fingerprint density at radius 2 is 0.972 bits per heavy atom. The predicted octanol–water partition coefficient (Wildman–Crippen LogP) is 13.1. The van der Waals surface area contributed by atoms with E-state index in [0.29, 0.717) is 19.4 Å². The molecule has 0 radical (unpaired) electrons. The van der Waals surface area contributed by atoms with Gasteiger partial charge in [0.05, 0.1) is 32.0 Å². The van der Waals surface area contributed by atoms with Crippen LogP contribution in [-0.4, -0.2) is 100 Å². The summed E-state index contributed by atoms with van der Waals surface area (Å²) in [6, 6.07) is -0.832. The fourth-order valence-corrected chi connectivity index (χ4v) is 8.68. The number of carbonyl (C=O) groups excluding carboxylic acids is 2. The first-order valence-electron chi connectivity index (χ1n) is 29.1. The van der Waals surface area contributed by atoms with Crippen molar-refractivity contribution in [3.63, 3.8) is 0 Å². The van der Waals surface area contributed by atoms with Gasteiger partial charge >= 0.3 is 5.97 Å². The fourth-order valence-electron chi connectivity index (χ4n) is 8.68. The Labute approximate surface area is 433 Å². The van der Waals surface area contributed by atoms with Crippen molar-refractivity contribution in [2.75, 3.05) is 19.8 Å². The lowest BCUT2D eigenvalue weighted by atomic mass is 9.99. The topological polar surface area (TPSA) is 175 Å². The highest BCUT2D eigenvalue weighted by Gasteiger charge is 2.44. The molecular formula is C60H107NO10. The largest absolute Gasteiger partial charge is 0.465 e. The van der Waals surface area contributed by atoms with Crippen molar-refractivity contribution in [3.8, 4) is 0 Å². The summed E-state index contributed by atoms with van der Waals surface area (Å²) in [7, 11) is 0. The van der Waals surface area contributed by atoms with Gasteiger partial charge in [0.2, 0.25) is 5.91 Å². The predicted molar refractivity (Wildman–Crippen MR) is 292 cm³/mol. The molecular weight excluding hydrogens is 895 g/mol. The number of aliphatic hydroxyl groups is 5. The quantitative estimate of drug-likeness (QED) is 0.0195.